The van der Waals surface area contributed by atoms with Gasteiger partial charge in [-0.15, -0.1) is 0 Å². The summed E-state index contributed by atoms with van der Waals surface area (Å²) >= 11 is 6.20. The van der Waals surface area contributed by atoms with Gasteiger partial charge in [-0.05, 0) is 25.5 Å². The summed E-state index contributed by atoms with van der Waals surface area (Å²) in [4.78, 5) is 24.6. The molecule has 0 bridgehead atoms. The van der Waals surface area contributed by atoms with Crippen molar-refractivity contribution in [2.45, 2.75) is 32.1 Å². The second-order valence-electron chi connectivity index (χ2n) is 6.76. The number of amides is 2. The molecule has 4 heterocycles. The number of nitrogens with one attached hydrogen (secondary N) is 1. The number of pyridine rings is 1. The molecule has 2 amide bonds. The monoisotopic (exact) mass is 392 g/mol. The van der Waals surface area contributed by atoms with Crippen molar-refractivity contribution in [3.63, 3.8) is 0 Å². The normalized spacial score (nSPS) is 20.0. The van der Waals surface area contributed by atoms with E-state index in [2.05, 4.69) is 25.3 Å². The zero-order chi connectivity index (χ0) is 18.8. The fourth-order valence-electron chi connectivity index (χ4n) is 3.24. The molecule has 2 aromatic heterocycles. The summed E-state index contributed by atoms with van der Waals surface area (Å²) in [6.45, 7) is 4.66. The van der Waals surface area contributed by atoms with Crippen molar-refractivity contribution in [1.29, 1.82) is 0 Å². The Balaban J connectivity index is 1.19. The predicted octanol–water partition coefficient (Wildman–Crippen LogP) is 1.62. The maximum atomic E-state index is 12.4. The Hall–Kier alpha value is -2.39. The summed E-state index contributed by atoms with van der Waals surface area (Å²) in [6.07, 6.45) is 2.58. The summed E-state index contributed by atoms with van der Waals surface area (Å²) in [7, 11) is 0. The molecule has 0 aromatic carbocycles. The minimum Gasteiger partial charge on any atom is -0.365 e. The molecule has 1 atom stereocenters. The highest BCUT2D eigenvalue weighted by Crippen LogP contribution is 2.26. The van der Waals surface area contributed by atoms with Crippen molar-refractivity contribution in [3.8, 4) is 0 Å². The molecule has 0 aliphatic carbocycles. The van der Waals surface area contributed by atoms with Crippen LogP contribution in [0.5, 0.6) is 0 Å². The highest BCUT2D eigenvalue weighted by molar-refractivity contribution is 6.32. The third kappa shape index (κ3) is 4.14. The van der Waals surface area contributed by atoms with Gasteiger partial charge >= 0.3 is 6.03 Å². The minimum atomic E-state index is -0.0672. The number of likely N-dealkylation sites (tertiary alicyclic amines) is 1. The number of hydrogen-bond acceptors (Lipinski definition) is 7. The number of rotatable bonds is 5. The van der Waals surface area contributed by atoms with Crippen LogP contribution in [0, 0.1) is 6.92 Å². The second kappa shape index (κ2) is 7.69. The van der Waals surface area contributed by atoms with E-state index >= 15 is 0 Å². The number of ether oxygens (including phenoxy) is 1. The quantitative estimate of drug-likeness (QED) is 0.825. The summed E-state index contributed by atoms with van der Waals surface area (Å²) in [6, 6.07) is 3.65. The van der Waals surface area contributed by atoms with Crippen LogP contribution >= 0.6 is 11.6 Å². The average Bonchev–Trinajstić information content (AvgIpc) is 3.23. The number of carbonyl (C=O) groups excluding carboxylic acids is 1. The van der Waals surface area contributed by atoms with E-state index in [4.69, 9.17) is 20.9 Å². The standard InChI is InChI=1S/C17H21ClN6O3/c1-11-20-15(27-22-11)10-26-13-8-24(9-13)17(25)21-12-4-6-23(7-12)16-14(18)3-2-5-19-16/h2-3,5,12-13H,4,6-10H2,1H3,(H,21,25)/t12-/m0/s1. The SMILES string of the molecule is Cc1noc(COC2CN(C(=O)N[C@H]3CCN(c4ncccc4Cl)C3)C2)n1. The lowest BCUT2D eigenvalue weighted by molar-refractivity contribution is -0.0518. The summed E-state index contributed by atoms with van der Waals surface area (Å²) in [5.74, 6) is 1.81. The molecule has 0 unspecified atom stereocenters. The molecule has 144 valence electrons. The minimum absolute atomic E-state index is 0.00430. The van der Waals surface area contributed by atoms with E-state index in [1.165, 1.54) is 0 Å². The Bertz CT molecular complexity index is 809. The van der Waals surface area contributed by atoms with Crippen molar-refractivity contribution >= 4 is 23.4 Å². The van der Waals surface area contributed by atoms with Gasteiger partial charge in [-0.2, -0.15) is 4.98 Å². The van der Waals surface area contributed by atoms with Gasteiger partial charge in [0, 0.05) is 25.3 Å². The van der Waals surface area contributed by atoms with Crippen molar-refractivity contribution in [2.75, 3.05) is 31.1 Å². The molecular formula is C17H21ClN6O3. The van der Waals surface area contributed by atoms with E-state index in [9.17, 15) is 4.79 Å². The molecule has 2 aliphatic rings. The second-order valence-corrected chi connectivity index (χ2v) is 7.17. The van der Waals surface area contributed by atoms with Gasteiger partial charge in [-0.3, -0.25) is 0 Å². The molecule has 4 rings (SSSR count). The maximum absolute atomic E-state index is 12.4. The van der Waals surface area contributed by atoms with E-state index in [1.54, 1.807) is 18.0 Å². The van der Waals surface area contributed by atoms with Crippen molar-refractivity contribution in [2.24, 2.45) is 0 Å². The predicted molar refractivity (Wildman–Crippen MR) is 97.6 cm³/mol. The Labute approximate surface area is 161 Å². The number of nitrogens with zero attached hydrogens (tertiary/aromatic N) is 5. The smallest absolute Gasteiger partial charge is 0.317 e. The molecule has 0 radical (unpaired) electrons. The van der Waals surface area contributed by atoms with Crippen LogP contribution in [0.3, 0.4) is 0 Å². The first kappa shape index (κ1) is 18.0. The van der Waals surface area contributed by atoms with Gasteiger partial charge in [-0.25, -0.2) is 9.78 Å². The van der Waals surface area contributed by atoms with Crippen LogP contribution in [0.25, 0.3) is 0 Å². The van der Waals surface area contributed by atoms with Crippen LogP contribution in [0.2, 0.25) is 5.02 Å². The fraction of sp³-hybridized carbons (Fsp3) is 0.529. The number of carbonyl (C=O) groups is 1. The van der Waals surface area contributed by atoms with Crippen LogP contribution in [0.1, 0.15) is 18.1 Å². The molecule has 2 fully saturated rings. The maximum Gasteiger partial charge on any atom is 0.317 e. The van der Waals surface area contributed by atoms with E-state index in [0.29, 0.717) is 36.4 Å². The number of hydrogen-bond donors (Lipinski definition) is 1. The molecule has 1 N–H and O–H groups in total. The topological polar surface area (TPSA) is 96.6 Å². The Morgan fingerprint density at radius 2 is 2.30 bits per heavy atom. The van der Waals surface area contributed by atoms with Crippen LogP contribution in [-0.2, 0) is 11.3 Å². The molecular weight excluding hydrogens is 372 g/mol. The third-order valence-corrected chi connectivity index (χ3v) is 5.00. The lowest BCUT2D eigenvalue weighted by Crippen LogP contribution is -2.59. The molecule has 2 saturated heterocycles. The third-order valence-electron chi connectivity index (χ3n) is 4.70. The number of halogens is 1. The number of urea groups is 1. The van der Waals surface area contributed by atoms with E-state index in [1.807, 2.05) is 12.1 Å². The number of aryl methyl sites for hydroxylation is 1. The first-order valence-electron chi connectivity index (χ1n) is 8.90. The largest absolute Gasteiger partial charge is 0.365 e. The van der Waals surface area contributed by atoms with Gasteiger partial charge in [0.2, 0.25) is 0 Å². The van der Waals surface area contributed by atoms with Crippen LogP contribution in [-0.4, -0.2) is 64.4 Å². The van der Waals surface area contributed by atoms with Gasteiger partial charge in [0.05, 0.1) is 24.2 Å². The van der Waals surface area contributed by atoms with E-state index in [-0.39, 0.29) is 24.8 Å². The highest BCUT2D eigenvalue weighted by Gasteiger charge is 2.34. The zero-order valence-corrected chi connectivity index (χ0v) is 15.7. The number of aromatic nitrogens is 3. The van der Waals surface area contributed by atoms with Crippen LogP contribution in [0.15, 0.2) is 22.9 Å². The van der Waals surface area contributed by atoms with Crippen molar-refractivity contribution in [3.05, 3.63) is 35.1 Å². The lowest BCUT2D eigenvalue weighted by atomic mass is 10.2. The lowest BCUT2D eigenvalue weighted by Gasteiger charge is -2.39. The highest BCUT2D eigenvalue weighted by atomic mass is 35.5. The zero-order valence-electron chi connectivity index (χ0n) is 15.0. The Kier molecular flexibility index (Phi) is 5.13. The molecule has 27 heavy (non-hydrogen) atoms. The Morgan fingerprint density at radius 3 is 3.04 bits per heavy atom. The van der Waals surface area contributed by atoms with Gasteiger partial charge in [0.1, 0.15) is 12.4 Å². The van der Waals surface area contributed by atoms with Crippen LogP contribution in [0.4, 0.5) is 10.6 Å². The summed E-state index contributed by atoms with van der Waals surface area (Å²) < 4.78 is 10.7. The first-order valence-corrected chi connectivity index (χ1v) is 9.28. The molecule has 0 saturated carbocycles. The molecule has 2 aliphatic heterocycles. The number of anilines is 1. The van der Waals surface area contributed by atoms with Gasteiger partial charge in [0.25, 0.3) is 5.89 Å². The fourth-order valence-corrected chi connectivity index (χ4v) is 3.48. The molecule has 0 spiro atoms. The summed E-state index contributed by atoms with van der Waals surface area (Å²) in [5, 5.41) is 7.42. The van der Waals surface area contributed by atoms with Crippen LogP contribution < -0.4 is 10.2 Å². The first-order chi connectivity index (χ1) is 13.1. The Morgan fingerprint density at radius 1 is 1.44 bits per heavy atom. The van der Waals surface area contributed by atoms with E-state index in [0.717, 1.165) is 18.8 Å². The molecule has 10 heteroatoms. The van der Waals surface area contributed by atoms with Crippen molar-refractivity contribution < 1.29 is 14.1 Å². The van der Waals surface area contributed by atoms with Crippen molar-refractivity contribution in [1.82, 2.24) is 25.3 Å². The average molecular weight is 393 g/mol. The van der Waals surface area contributed by atoms with E-state index < -0.39 is 0 Å². The molecule has 9 nitrogen and oxygen atoms in total. The van der Waals surface area contributed by atoms with Gasteiger partial charge in [0.15, 0.2) is 5.82 Å². The van der Waals surface area contributed by atoms with Gasteiger partial charge in [-0.1, -0.05) is 16.8 Å². The summed E-state index contributed by atoms with van der Waals surface area (Å²) in [5.41, 5.74) is 0. The molecule has 2 aromatic rings. The van der Waals surface area contributed by atoms with Gasteiger partial charge < -0.3 is 24.4 Å².